The van der Waals surface area contributed by atoms with Gasteiger partial charge in [-0.3, -0.25) is 9.59 Å². The number of ether oxygens (including phenoxy) is 2. The van der Waals surface area contributed by atoms with Crippen molar-refractivity contribution in [1.82, 2.24) is 4.90 Å². The average molecular weight is 794 g/mol. The lowest BCUT2D eigenvalue weighted by atomic mass is 10.0. The third-order valence-corrected chi connectivity index (χ3v) is 11.7. The Kier molecular flexibility index (Phi) is 44.0. The SMILES string of the molecule is CCCCCCCCC(CCC)OC(=O)CCCCCCCN(CCCCCO)CCCCCCCC(=O)OC(CCCCCCCC)CCCCCCCC. The molecule has 0 heterocycles. The molecule has 0 amide bonds. The van der Waals surface area contributed by atoms with Gasteiger partial charge in [0.2, 0.25) is 0 Å². The maximum absolute atomic E-state index is 12.8. The highest BCUT2D eigenvalue weighted by atomic mass is 16.5. The van der Waals surface area contributed by atoms with Crippen molar-refractivity contribution >= 4 is 11.9 Å². The minimum absolute atomic E-state index is 0.00895. The molecule has 0 saturated carbocycles. The summed E-state index contributed by atoms with van der Waals surface area (Å²) in [7, 11) is 0. The molecule has 0 aromatic heterocycles. The van der Waals surface area contributed by atoms with Gasteiger partial charge in [-0.15, -0.1) is 0 Å². The van der Waals surface area contributed by atoms with Gasteiger partial charge in [-0.05, 0) is 110 Å². The van der Waals surface area contributed by atoms with Crippen LogP contribution in [0.25, 0.3) is 0 Å². The second kappa shape index (κ2) is 45.0. The van der Waals surface area contributed by atoms with E-state index in [4.69, 9.17) is 9.47 Å². The van der Waals surface area contributed by atoms with Crippen LogP contribution < -0.4 is 0 Å². The second-order valence-corrected chi connectivity index (χ2v) is 17.3. The van der Waals surface area contributed by atoms with Crippen LogP contribution in [0.2, 0.25) is 0 Å². The molecule has 56 heavy (non-hydrogen) atoms. The van der Waals surface area contributed by atoms with Crippen molar-refractivity contribution in [3.63, 3.8) is 0 Å². The molecule has 0 aliphatic heterocycles. The predicted octanol–water partition coefficient (Wildman–Crippen LogP) is 15.0. The van der Waals surface area contributed by atoms with Gasteiger partial charge in [-0.1, -0.05) is 169 Å². The van der Waals surface area contributed by atoms with E-state index in [0.29, 0.717) is 19.4 Å². The molecule has 334 valence electrons. The van der Waals surface area contributed by atoms with Crippen molar-refractivity contribution in [2.75, 3.05) is 26.2 Å². The molecule has 0 aliphatic carbocycles. The van der Waals surface area contributed by atoms with Crippen LogP contribution in [0.5, 0.6) is 0 Å². The molecule has 0 saturated heterocycles. The van der Waals surface area contributed by atoms with Crippen molar-refractivity contribution in [2.45, 2.75) is 284 Å². The normalized spacial score (nSPS) is 12.2. The summed E-state index contributed by atoms with van der Waals surface area (Å²) < 4.78 is 12.0. The van der Waals surface area contributed by atoms with Crippen LogP contribution in [0.1, 0.15) is 272 Å². The Balaban J connectivity index is 4.30. The third-order valence-electron chi connectivity index (χ3n) is 11.7. The number of esters is 2. The number of carbonyl (C=O) groups is 2. The summed E-state index contributed by atoms with van der Waals surface area (Å²) in [6.07, 6.45) is 44.1. The second-order valence-electron chi connectivity index (χ2n) is 17.3. The van der Waals surface area contributed by atoms with Crippen LogP contribution >= 0.6 is 0 Å². The highest BCUT2D eigenvalue weighted by Crippen LogP contribution is 2.19. The molecular weight excluding hydrogens is 695 g/mol. The van der Waals surface area contributed by atoms with E-state index in [1.165, 1.54) is 154 Å². The monoisotopic (exact) mass is 794 g/mol. The Bertz CT molecular complexity index is 790. The highest BCUT2D eigenvalue weighted by molar-refractivity contribution is 5.69. The summed E-state index contributed by atoms with van der Waals surface area (Å²) in [6.45, 7) is 12.7. The first-order valence-corrected chi connectivity index (χ1v) is 25.2. The summed E-state index contributed by atoms with van der Waals surface area (Å²) in [5.41, 5.74) is 0. The molecule has 1 atom stereocenters. The van der Waals surface area contributed by atoms with Crippen molar-refractivity contribution in [2.24, 2.45) is 0 Å². The number of unbranched alkanes of at least 4 members (excludes halogenated alkanes) is 25. The van der Waals surface area contributed by atoms with Crippen LogP contribution in [0.4, 0.5) is 0 Å². The summed E-state index contributed by atoms with van der Waals surface area (Å²) >= 11 is 0. The molecule has 1 N–H and O–H groups in total. The zero-order valence-corrected chi connectivity index (χ0v) is 38.4. The van der Waals surface area contributed by atoms with Crippen molar-refractivity contribution in [3.8, 4) is 0 Å². The molecule has 0 fully saturated rings. The minimum atomic E-state index is 0.00895. The van der Waals surface area contributed by atoms with Crippen LogP contribution in [0, 0.1) is 0 Å². The Morgan fingerprint density at radius 1 is 0.375 bits per heavy atom. The highest BCUT2D eigenvalue weighted by Gasteiger charge is 2.15. The molecule has 0 spiro atoms. The van der Waals surface area contributed by atoms with Crippen LogP contribution in [0.3, 0.4) is 0 Å². The fourth-order valence-corrected chi connectivity index (χ4v) is 8.02. The van der Waals surface area contributed by atoms with E-state index in [1.807, 2.05) is 0 Å². The van der Waals surface area contributed by atoms with Gasteiger partial charge in [0.25, 0.3) is 0 Å². The molecule has 0 aliphatic rings. The number of aliphatic hydroxyl groups excluding tert-OH is 1. The molecule has 0 aromatic rings. The van der Waals surface area contributed by atoms with E-state index in [0.717, 1.165) is 96.7 Å². The standard InChI is InChI=1S/C50H99NO5/c1-5-9-12-15-20-28-38-47(37-8-4)55-49(53)41-31-23-18-25-33-43-51(45-35-27-36-46-52)44-34-26-19-24-32-42-50(54)56-48(39-29-21-16-13-10-6-2)40-30-22-17-14-11-7-3/h47-48,52H,5-46H2,1-4H3. The van der Waals surface area contributed by atoms with Gasteiger partial charge in [-0.25, -0.2) is 0 Å². The molecular formula is C50H99NO5. The number of aliphatic hydroxyl groups is 1. The Hall–Kier alpha value is -1.14. The summed E-state index contributed by atoms with van der Waals surface area (Å²) in [5, 5.41) is 9.23. The maximum atomic E-state index is 12.8. The Labute approximate surface area is 350 Å². The van der Waals surface area contributed by atoms with Crippen LogP contribution in [-0.4, -0.2) is 60.4 Å². The van der Waals surface area contributed by atoms with E-state index < -0.39 is 0 Å². The topological polar surface area (TPSA) is 76.1 Å². The van der Waals surface area contributed by atoms with Gasteiger partial charge in [0.1, 0.15) is 12.2 Å². The molecule has 6 heteroatoms. The van der Waals surface area contributed by atoms with Gasteiger partial charge in [0.05, 0.1) is 0 Å². The number of nitrogens with zero attached hydrogens (tertiary/aromatic N) is 1. The number of hydrogen-bond donors (Lipinski definition) is 1. The van der Waals surface area contributed by atoms with Gasteiger partial charge in [-0.2, -0.15) is 0 Å². The quantitative estimate of drug-likeness (QED) is 0.0489. The maximum Gasteiger partial charge on any atom is 0.306 e. The van der Waals surface area contributed by atoms with Gasteiger partial charge < -0.3 is 19.5 Å². The fraction of sp³-hybridized carbons (Fsp3) is 0.960. The molecule has 0 radical (unpaired) electrons. The predicted molar refractivity (Wildman–Crippen MR) is 241 cm³/mol. The average Bonchev–Trinajstić information content (AvgIpc) is 3.19. The Morgan fingerprint density at radius 3 is 1.04 bits per heavy atom. The molecule has 0 rings (SSSR count). The van der Waals surface area contributed by atoms with E-state index in [1.54, 1.807) is 0 Å². The molecule has 1 unspecified atom stereocenters. The van der Waals surface area contributed by atoms with E-state index in [-0.39, 0.29) is 24.1 Å². The summed E-state index contributed by atoms with van der Waals surface area (Å²) in [4.78, 5) is 28.0. The zero-order valence-electron chi connectivity index (χ0n) is 38.4. The minimum Gasteiger partial charge on any atom is -0.462 e. The lowest BCUT2D eigenvalue weighted by Gasteiger charge is -2.22. The Morgan fingerprint density at radius 2 is 0.679 bits per heavy atom. The first-order chi connectivity index (χ1) is 27.5. The fourth-order valence-electron chi connectivity index (χ4n) is 8.02. The van der Waals surface area contributed by atoms with E-state index in [2.05, 4.69) is 32.6 Å². The number of rotatable bonds is 46. The van der Waals surface area contributed by atoms with Gasteiger partial charge >= 0.3 is 11.9 Å². The third kappa shape index (κ3) is 39.7. The van der Waals surface area contributed by atoms with Crippen molar-refractivity contribution < 1.29 is 24.2 Å². The smallest absolute Gasteiger partial charge is 0.306 e. The first kappa shape index (κ1) is 54.9. The lowest BCUT2D eigenvalue weighted by molar-refractivity contribution is -0.151. The molecule has 0 bridgehead atoms. The molecule has 0 aromatic carbocycles. The largest absolute Gasteiger partial charge is 0.462 e. The van der Waals surface area contributed by atoms with Crippen LogP contribution in [-0.2, 0) is 19.1 Å². The molecule has 6 nitrogen and oxygen atoms in total. The number of hydrogen-bond acceptors (Lipinski definition) is 6. The van der Waals surface area contributed by atoms with Crippen LogP contribution in [0.15, 0.2) is 0 Å². The lowest BCUT2D eigenvalue weighted by Crippen LogP contribution is -2.27. The summed E-state index contributed by atoms with van der Waals surface area (Å²) in [5.74, 6) is 0.0371. The van der Waals surface area contributed by atoms with Crippen molar-refractivity contribution in [3.05, 3.63) is 0 Å². The number of carbonyl (C=O) groups excluding carboxylic acids is 2. The van der Waals surface area contributed by atoms with Gasteiger partial charge in [0, 0.05) is 19.4 Å². The van der Waals surface area contributed by atoms with E-state index in [9.17, 15) is 14.7 Å². The zero-order chi connectivity index (χ0) is 41.0. The van der Waals surface area contributed by atoms with Crippen molar-refractivity contribution in [1.29, 1.82) is 0 Å². The van der Waals surface area contributed by atoms with Gasteiger partial charge in [0.15, 0.2) is 0 Å². The summed E-state index contributed by atoms with van der Waals surface area (Å²) in [6, 6.07) is 0. The first-order valence-electron chi connectivity index (χ1n) is 25.2. The van der Waals surface area contributed by atoms with E-state index >= 15 is 0 Å².